The van der Waals surface area contributed by atoms with Crippen molar-refractivity contribution < 1.29 is 13.9 Å². The lowest BCUT2D eigenvalue weighted by atomic mass is 10.1. The van der Waals surface area contributed by atoms with Gasteiger partial charge < -0.3 is 9.15 Å². The van der Waals surface area contributed by atoms with Gasteiger partial charge in [0.15, 0.2) is 6.61 Å². The molecule has 0 fully saturated rings. The number of carbonyl (C=O) groups excluding carboxylic acids is 1. The molecule has 0 unspecified atom stereocenters. The molecule has 0 radical (unpaired) electrons. The standard InChI is InChI=1S/C25H18Cl2N2O3/c26-19-8-12-22(23(27)14-19)24-13-11-21(32-24)15-28-29-25(30)16-31-20-9-6-18(7-10-20)17-4-2-1-3-5-17/h1-15H,16H2,(H,29,30). The number of hydrogen-bond acceptors (Lipinski definition) is 4. The molecule has 1 N–H and O–H groups in total. The molecule has 1 heterocycles. The molecule has 7 heteroatoms. The quantitative estimate of drug-likeness (QED) is 0.252. The van der Waals surface area contributed by atoms with Crippen molar-refractivity contribution in [2.75, 3.05) is 6.61 Å². The van der Waals surface area contributed by atoms with Crippen LogP contribution in [0.25, 0.3) is 22.5 Å². The van der Waals surface area contributed by atoms with Crippen LogP contribution in [0.3, 0.4) is 0 Å². The number of hydrogen-bond donors (Lipinski definition) is 1. The van der Waals surface area contributed by atoms with E-state index in [4.69, 9.17) is 32.4 Å². The Bertz CT molecular complexity index is 1240. The van der Waals surface area contributed by atoms with Gasteiger partial charge in [0.05, 0.1) is 11.2 Å². The van der Waals surface area contributed by atoms with Gasteiger partial charge in [-0.3, -0.25) is 4.79 Å². The molecule has 0 saturated carbocycles. The number of benzene rings is 3. The van der Waals surface area contributed by atoms with E-state index in [0.717, 1.165) is 11.1 Å². The fourth-order valence-corrected chi connectivity index (χ4v) is 3.48. The summed E-state index contributed by atoms with van der Waals surface area (Å²) in [6, 6.07) is 26.2. The Kier molecular flexibility index (Phi) is 6.90. The summed E-state index contributed by atoms with van der Waals surface area (Å²) in [6.07, 6.45) is 1.40. The predicted molar refractivity (Wildman–Crippen MR) is 127 cm³/mol. The Balaban J connectivity index is 1.27. The van der Waals surface area contributed by atoms with Crippen LogP contribution in [0.4, 0.5) is 0 Å². The maximum absolute atomic E-state index is 12.0. The van der Waals surface area contributed by atoms with Crippen molar-refractivity contribution in [3.63, 3.8) is 0 Å². The highest BCUT2D eigenvalue weighted by atomic mass is 35.5. The zero-order valence-corrected chi connectivity index (χ0v) is 18.3. The van der Waals surface area contributed by atoms with Gasteiger partial charge in [0.1, 0.15) is 17.3 Å². The molecule has 0 atom stereocenters. The molecule has 3 aromatic carbocycles. The molecule has 0 aliphatic rings. The van der Waals surface area contributed by atoms with E-state index < -0.39 is 0 Å². The van der Waals surface area contributed by atoms with Gasteiger partial charge in [0.2, 0.25) is 0 Å². The Labute approximate surface area is 195 Å². The Hall–Kier alpha value is -3.54. The van der Waals surface area contributed by atoms with Crippen LogP contribution in [0.15, 0.2) is 94.4 Å². The molecule has 32 heavy (non-hydrogen) atoms. The summed E-state index contributed by atoms with van der Waals surface area (Å²) in [5.74, 6) is 1.24. The van der Waals surface area contributed by atoms with Gasteiger partial charge in [-0.15, -0.1) is 0 Å². The first kappa shape index (κ1) is 21.7. The van der Waals surface area contributed by atoms with Crippen molar-refractivity contribution in [2.24, 2.45) is 5.10 Å². The summed E-state index contributed by atoms with van der Waals surface area (Å²) in [6.45, 7) is -0.161. The van der Waals surface area contributed by atoms with E-state index in [9.17, 15) is 4.79 Å². The van der Waals surface area contributed by atoms with E-state index in [2.05, 4.69) is 10.5 Å². The van der Waals surface area contributed by atoms with Crippen LogP contribution >= 0.6 is 23.2 Å². The third-order valence-electron chi connectivity index (χ3n) is 4.54. The van der Waals surface area contributed by atoms with E-state index in [-0.39, 0.29) is 12.5 Å². The second kappa shape index (κ2) is 10.2. The molecule has 0 spiro atoms. The Morgan fingerprint density at radius 1 is 0.938 bits per heavy atom. The van der Waals surface area contributed by atoms with Crippen LogP contribution in [0, 0.1) is 0 Å². The summed E-state index contributed by atoms with van der Waals surface area (Å²) in [7, 11) is 0. The fraction of sp³-hybridized carbons (Fsp3) is 0.0400. The zero-order valence-electron chi connectivity index (χ0n) is 16.8. The van der Waals surface area contributed by atoms with Gasteiger partial charge in [0, 0.05) is 10.6 Å². The van der Waals surface area contributed by atoms with Crippen LogP contribution in [0.1, 0.15) is 5.76 Å². The summed E-state index contributed by atoms with van der Waals surface area (Å²) in [5.41, 5.74) is 5.31. The number of ether oxygens (including phenoxy) is 1. The van der Waals surface area contributed by atoms with E-state index in [1.807, 2.05) is 54.6 Å². The lowest BCUT2D eigenvalue weighted by Crippen LogP contribution is -2.24. The molecule has 0 bridgehead atoms. The molecule has 0 saturated heterocycles. The third kappa shape index (κ3) is 5.58. The summed E-state index contributed by atoms with van der Waals surface area (Å²) < 4.78 is 11.2. The topological polar surface area (TPSA) is 63.8 Å². The van der Waals surface area contributed by atoms with Gasteiger partial charge in [-0.2, -0.15) is 5.10 Å². The number of halogens is 2. The van der Waals surface area contributed by atoms with E-state index >= 15 is 0 Å². The van der Waals surface area contributed by atoms with Gasteiger partial charge in [0.25, 0.3) is 5.91 Å². The van der Waals surface area contributed by atoms with Crippen molar-refractivity contribution >= 4 is 35.3 Å². The first-order chi connectivity index (χ1) is 15.6. The maximum atomic E-state index is 12.0. The number of amides is 1. The highest BCUT2D eigenvalue weighted by Gasteiger charge is 2.09. The number of nitrogens with one attached hydrogen (secondary N) is 1. The molecule has 5 nitrogen and oxygen atoms in total. The highest BCUT2D eigenvalue weighted by Crippen LogP contribution is 2.31. The maximum Gasteiger partial charge on any atom is 0.277 e. The van der Waals surface area contributed by atoms with Gasteiger partial charge in [-0.1, -0.05) is 65.7 Å². The molecule has 160 valence electrons. The normalized spacial score (nSPS) is 10.9. The minimum Gasteiger partial charge on any atom is -0.484 e. The summed E-state index contributed by atoms with van der Waals surface area (Å²) in [5, 5.41) is 4.93. The molecule has 1 aromatic heterocycles. The number of nitrogens with zero attached hydrogens (tertiary/aromatic N) is 1. The van der Waals surface area contributed by atoms with Crippen LogP contribution in [-0.2, 0) is 4.79 Å². The molecule has 1 amide bonds. The number of rotatable bonds is 7. The second-order valence-corrected chi connectivity index (χ2v) is 7.64. The smallest absolute Gasteiger partial charge is 0.277 e. The molecular weight excluding hydrogens is 447 g/mol. The lowest BCUT2D eigenvalue weighted by molar-refractivity contribution is -0.123. The first-order valence-electron chi connectivity index (χ1n) is 9.74. The molecule has 0 aliphatic heterocycles. The predicted octanol–water partition coefficient (Wildman–Crippen LogP) is 6.45. The van der Waals surface area contributed by atoms with E-state index in [1.165, 1.54) is 6.21 Å². The summed E-state index contributed by atoms with van der Waals surface area (Å²) in [4.78, 5) is 12.0. The van der Waals surface area contributed by atoms with Crippen molar-refractivity contribution in [3.8, 4) is 28.2 Å². The fourth-order valence-electron chi connectivity index (χ4n) is 2.98. The zero-order chi connectivity index (χ0) is 22.3. The minimum atomic E-state index is -0.388. The molecular formula is C25H18Cl2N2O3. The van der Waals surface area contributed by atoms with Gasteiger partial charge in [-0.05, 0) is 53.6 Å². The largest absolute Gasteiger partial charge is 0.484 e. The van der Waals surface area contributed by atoms with Crippen LogP contribution < -0.4 is 10.2 Å². The number of furan rings is 1. The van der Waals surface area contributed by atoms with Crippen LogP contribution in [-0.4, -0.2) is 18.7 Å². The van der Waals surface area contributed by atoms with Crippen molar-refractivity contribution in [1.82, 2.24) is 5.43 Å². The number of carbonyl (C=O) groups is 1. The molecule has 4 aromatic rings. The average molecular weight is 465 g/mol. The van der Waals surface area contributed by atoms with Gasteiger partial charge in [-0.25, -0.2) is 5.43 Å². The third-order valence-corrected chi connectivity index (χ3v) is 5.08. The van der Waals surface area contributed by atoms with Crippen LogP contribution in [0.2, 0.25) is 10.0 Å². The number of hydrazone groups is 1. The van der Waals surface area contributed by atoms with E-state index in [1.54, 1.807) is 30.3 Å². The first-order valence-corrected chi connectivity index (χ1v) is 10.5. The second-order valence-electron chi connectivity index (χ2n) is 6.80. The highest BCUT2D eigenvalue weighted by molar-refractivity contribution is 6.36. The Morgan fingerprint density at radius 2 is 1.69 bits per heavy atom. The minimum absolute atomic E-state index is 0.161. The van der Waals surface area contributed by atoms with Gasteiger partial charge >= 0.3 is 0 Å². The van der Waals surface area contributed by atoms with E-state index in [0.29, 0.717) is 32.9 Å². The molecule has 4 rings (SSSR count). The van der Waals surface area contributed by atoms with Crippen molar-refractivity contribution in [3.05, 3.63) is 101 Å². The molecule has 0 aliphatic carbocycles. The summed E-state index contributed by atoms with van der Waals surface area (Å²) >= 11 is 12.1. The monoisotopic (exact) mass is 464 g/mol. The van der Waals surface area contributed by atoms with Crippen molar-refractivity contribution in [2.45, 2.75) is 0 Å². The SMILES string of the molecule is O=C(COc1ccc(-c2ccccc2)cc1)NN=Cc1ccc(-c2ccc(Cl)cc2Cl)o1. The lowest BCUT2D eigenvalue weighted by Gasteiger charge is -2.06. The van der Waals surface area contributed by atoms with Crippen LogP contribution in [0.5, 0.6) is 5.75 Å². The average Bonchev–Trinajstić information content (AvgIpc) is 3.27. The van der Waals surface area contributed by atoms with Crippen molar-refractivity contribution in [1.29, 1.82) is 0 Å². The Morgan fingerprint density at radius 3 is 2.44 bits per heavy atom.